The highest BCUT2D eigenvalue weighted by molar-refractivity contribution is 5.48. The molecule has 13 heavy (non-hydrogen) atoms. The molecule has 74 valence electrons. The molecular weight excluding hydrogens is 164 g/mol. The first-order chi connectivity index (χ1) is 6.41. The Kier molecular flexibility index (Phi) is 10.3. The second-order valence-corrected chi connectivity index (χ2v) is 2.82. The SMILES string of the molecule is O=CCCCCC=CC=CCCO. The van der Waals surface area contributed by atoms with E-state index in [9.17, 15) is 4.79 Å². The minimum atomic E-state index is 0.212. The molecule has 0 amide bonds. The molecule has 0 saturated heterocycles. The van der Waals surface area contributed by atoms with Gasteiger partial charge in [0, 0.05) is 13.0 Å². The highest BCUT2D eigenvalue weighted by atomic mass is 16.2. The van der Waals surface area contributed by atoms with Crippen molar-refractivity contribution < 1.29 is 9.90 Å². The molecule has 2 nitrogen and oxygen atoms in total. The summed E-state index contributed by atoms with van der Waals surface area (Å²) in [5.74, 6) is 0. The maximum absolute atomic E-state index is 9.96. The van der Waals surface area contributed by atoms with Gasteiger partial charge in [0.2, 0.25) is 0 Å². The fourth-order valence-corrected chi connectivity index (χ4v) is 0.914. The second kappa shape index (κ2) is 11.1. The molecule has 1 N–H and O–H groups in total. The molecule has 0 heterocycles. The number of rotatable bonds is 8. The number of carbonyl (C=O) groups excluding carboxylic acids is 1. The van der Waals surface area contributed by atoms with Gasteiger partial charge in [-0.15, -0.1) is 0 Å². The topological polar surface area (TPSA) is 37.3 Å². The standard InChI is InChI=1S/C11H18O2/c12-10-8-6-4-2-1-3-5-7-9-11-13/h1-2,4,6,11-12H,3,5,7-10H2. The van der Waals surface area contributed by atoms with Gasteiger partial charge in [-0.05, 0) is 25.7 Å². The molecule has 0 aromatic carbocycles. The Balaban J connectivity index is 3.16. The number of hydrogen-bond donors (Lipinski definition) is 1. The van der Waals surface area contributed by atoms with Crippen molar-refractivity contribution >= 4 is 6.29 Å². The Hall–Kier alpha value is -0.890. The van der Waals surface area contributed by atoms with Crippen molar-refractivity contribution in [3.8, 4) is 0 Å². The van der Waals surface area contributed by atoms with E-state index in [-0.39, 0.29) is 6.61 Å². The fraction of sp³-hybridized carbons (Fsp3) is 0.545. The number of allylic oxidation sites excluding steroid dienone is 3. The fourth-order valence-electron chi connectivity index (χ4n) is 0.914. The number of aldehydes is 1. The summed E-state index contributed by atoms with van der Waals surface area (Å²) >= 11 is 0. The monoisotopic (exact) mass is 182 g/mol. The van der Waals surface area contributed by atoms with Gasteiger partial charge in [0.25, 0.3) is 0 Å². The van der Waals surface area contributed by atoms with E-state index in [0.29, 0.717) is 6.42 Å². The Morgan fingerprint density at radius 1 is 0.923 bits per heavy atom. The quantitative estimate of drug-likeness (QED) is 0.355. The third kappa shape index (κ3) is 11.1. The van der Waals surface area contributed by atoms with E-state index in [0.717, 1.165) is 32.0 Å². The summed E-state index contributed by atoms with van der Waals surface area (Å²) in [7, 11) is 0. The third-order valence-electron chi connectivity index (χ3n) is 1.62. The van der Waals surface area contributed by atoms with Crippen LogP contribution >= 0.6 is 0 Å². The highest BCUT2D eigenvalue weighted by Gasteiger charge is 1.83. The van der Waals surface area contributed by atoms with Gasteiger partial charge >= 0.3 is 0 Å². The third-order valence-corrected chi connectivity index (χ3v) is 1.62. The lowest BCUT2D eigenvalue weighted by atomic mass is 10.2. The van der Waals surface area contributed by atoms with E-state index in [4.69, 9.17) is 5.11 Å². The Bertz CT molecular complexity index is 159. The van der Waals surface area contributed by atoms with Gasteiger partial charge in [0.1, 0.15) is 6.29 Å². The first kappa shape index (κ1) is 12.1. The van der Waals surface area contributed by atoms with E-state index in [1.54, 1.807) is 0 Å². The predicted molar refractivity (Wildman–Crippen MR) is 54.5 cm³/mol. The van der Waals surface area contributed by atoms with Crippen molar-refractivity contribution in [3.05, 3.63) is 24.3 Å². The Morgan fingerprint density at radius 2 is 1.54 bits per heavy atom. The summed E-state index contributed by atoms with van der Waals surface area (Å²) in [4.78, 5) is 9.96. The van der Waals surface area contributed by atoms with Crippen LogP contribution in [0.3, 0.4) is 0 Å². The number of unbranched alkanes of at least 4 members (excludes halogenated alkanes) is 3. The van der Waals surface area contributed by atoms with E-state index < -0.39 is 0 Å². The van der Waals surface area contributed by atoms with E-state index in [1.165, 1.54) is 0 Å². The number of hydrogen-bond acceptors (Lipinski definition) is 2. The minimum Gasteiger partial charge on any atom is -0.396 e. The summed E-state index contributed by atoms with van der Waals surface area (Å²) in [6.45, 7) is 0.212. The number of aliphatic hydroxyl groups excluding tert-OH is 1. The zero-order chi connectivity index (χ0) is 9.78. The zero-order valence-electron chi connectivity index (χ0n) is 7.98. The number of carbonyl (C=O) groups is 1. The lowest BCUT2D eigenvalue weighted by Crippen LogP contribution is -1.76. The summed E-state index contributed by atoms with van der Waals surface area (Å²) in [6, 6.07) is 0. The average Bonchev–Trinajstić information content (AvgIpc) is 2.16. The van der Waals surface area contributed by atoms with Gasteiger partial charge in [-0.1, -0.05) is 24.3 Å². The molecule has 0 aliphatic rings. The molecule has 0 unspecified atom stereocenters. The van der Waals surface area contributed by atoms with Crippen LogP contribution in [0.1, 0.15) is 32.1 Å². The molecule has 0 spiro atoms. The zero-order valence-corrected chi connectivity index (χ0v) is 7.98. The minimum absolute atomic E-state index is 0.212. The first-order valence-corrected chi connectivity index (χ1v) is 4.78. The van der Waals surface area contributed by atoms with Crippen LogP contribution in [0, 0.1) is 0 Å². The largest absolute Gasteiger partial charge is 0.396 e. The van der Waals surface area contributed by atoms with Gasteiger partial charge in [-0.2, -0.15) is 0 Å². The Labute approximate surface area is 80.0 Å². The van der Waals surface area contributed by atoms with Crippen molar-refractivity contribution in [3.63, 3.8) is 0 Å². The van der Waals surface area contributed by atoms with Crippen LogP contribution in [-0.2, 0) is 4.79 Å². The molecule has 0 aromatic rings. The molecule has 0 aliphatic carbocycles. The molecule has 0 fully saturated rings. The molecule has 0 saturated carbocycles. The maximum atomic E-state index is 9.96. The van der Waals surface area contributed by atoms with Gasteiger partial charge in [-0.25, -0.2) is 0 Å². The molecule has 0 aromatic heterocycles. The summed E-state index contributed by atoms with van der Waals surface area (Å²) in [5.41, 5.74) is 0. The normalized spacial score (nSPS) is 11.5. The van der Waals surface area contributed by atoms with Crippen molar-refractivity contribution in [1.82, 2.24) is 0 Å². The van der Waals surface area contributed by atoms with Crippen molar-refractivity contribution in [2.45, 2.75) is 32.1 Å². The highest BCUT2D eigenvalue weighted by Crippen LogP contribution is 1.98. The van der Waals surface area contributed by atoms with Gasteiger partial charge in [0.05, 0.1) is 0 Å². The average molecular weight is 182 g/mol. The van der Waals surface area contributed by atoms with Crippen LogP contribution < -0.4 is 0 Å². The van der Waals surface area contributed by atoms with Crippen LogP contribution in [0.5, 0.6) is 0 Å². The van der Waals surface area contributed by atoms with Crippen LogP contribution in [0.15, 0.2) is 24.3 Å². The van der Waals surface area contributed by atoms with Crippen molar-refractivity contribution in [2.24, 2.45) is 0 Å². The number of aliphatic hydroxyl groups is 1. The summed E-state index contributed by atoms with van der Waals surface area (Å²) < 4.78 is 0. The van der Waals surface area contributed by atoms with E-state index in [1.807, 2.05) is 18.2 Å². The van der Waals surface area contributed by atoms with Crippen LogP contribution in [0.25, 0.3) is 0 Å². The molecule has 2 heteroatoms. The predicted octanol–water partition coefficient (Wildman–Crippen LogP) is 2.24. The van der Waals surface area contributed by atoms with E-state index in [2.05, 4.69) is 6.08 Å². The van der Waals surface area contributed by atoms with Gasteiger partial charge in [-0.3, -0.25) is 0 Å². The van der Waals surface area contributed by atoms with E-state index >= 15 is 0 Å². The molecule has 0 radical (unpaired) electrons. The lowest BCUT2D eigenvalue weighted by molar-refractivity contribution is -0.107. The van der Waals surface area contributed by atoms with Gasteiger partial charge in [0.15, 0.2) is 0 Å². The van der Waals surface area contributed by atoms with Crippen LogP contribution in [0.4, 0.5) is 0 Å². The summed E-state index contributed by atoms with van der Waals surface area (Å²) in [5, 5.41) is 8.46. The molecule has 0 aliphatic heterocycles. The maximum Gasteiger partial charge on any atom is 0.119 e. The first-order valence-electron chi connectivity index (χ1n) is 4.78. The lowest BCUT2D eigenvalue weighted by Gasteiger charge is -1.89. The molecule has 0 bridgehead atoms. The van der Waals surface area contributed by atoms with Crippen LogP contribution in [-0.4, -0.2) is 18.0 Å². The molecular formula is C11H18O2. The summed E-state index contributed by atoms with van der Waals surface area (Å²) in [6.07, 6.45) is 13.4. The van der Waals surface area contributed by atoms with Crippen LogP contribution in [0.2, 0.25) is 0 Å². The molecule has 0 rings (SSSR count). The van der Waals surface area contributed by atoms with Gasteiger partial charge < -0.3 is 9.90 Å². The Morgan fingerprint density at radius 3 is 2.15 bits per heavy atom. The molecule has 0 atom stereocenters. The van der Waals surface area contributed by atoms with Crippen molar-refractivity contribution in [2.75, 3.05) is 6.61 Å². The second-order valence-electron chi connectivity index (χ2n) is 2.82. The smallest absolute Gasteiger partial charge is 0.119 e. The van der Waals surface area contributed by atoms with Crippen molar-refractivity contribution in [1.29, 1.82) is 0 Å².